The number of aromatic nitrogens is 3. The van der Waals surface area contributed by atoms with E-state index in [0.717, 1.165) is 39.1 Å². The molecule has 0 unspecified atom stereocenters. The maximum Gasteiger partial charge on any atom is 0.252 e. The Kier molecular flexibility index (Phi) is 5.96. The highest BCUT2D eigenvalue weighted by atomic mass is 16.1. The van der Waals surface area contributed by atoms with E-state index in [1.807, 2.05) is 23.1 Å². The number of amides is 1. The van der Waals surface area contributed by atoms with Crippen LogP contribution >= 0.6 is 0 Å². The fraction of sp³-hybridized carbons (Fsp3) is 0.500. The molecule has 1 N–H and O–H groups in total. The van der Waals surface area contributed by atoms with Crippen molar-refractivity contribution in [1.82, 2.24) is 25.0 Å². The van der Waals surface area contributed by atoms with Crippen molar-refractivity contribution < 1.29 is 4.79 Å². The molecular formula is C18H25N5O. The first-order chi connectivity index (χ1) is 11.8. The van der Waals surface area contributed by atoms with Gasteiger partial charge in [0.25, 0.3) is 5.91 Å². The van der Waals surface area contributed by atoms with E-state index in [1.54, 1.807) is 24.5 Å². The molecule has 6 nitrogen and oxygen atoms in total. The van der Waals surface area contributed by atoms with Gasteiger partial charge in [0, 0.05) is 44.4 Å². The maximum absolute atomic E-state index is 12.1. The second-order valence-electron chi connectivity index (χ2n) is 6.38. The lowest BCUT2D eigenvalue weighted by Crippen LogP contribution is -2.41. The zero-order chi connectivity index (χ0) is 16.6. The van der Waals surface area contributed by atoms with Crippen LogP contribution < -0.4 is 5.32 Å². The molecular weight excluding hydrogens is 302 g/mol. The van der Waals surface area contributed by atoms with E-state index in [1.165, 1.54) is 12.8 Å². The highest BCUT2D eigenvalue weighted by molar-refractivity contribution is 5.93. The summed E-state index contributed by atoms with van der Waals surface area (Å²) in [6.07, 6.45) is 10.6. The molecule has 0 bridgehead atoms. The molecule has 3 heterocycles. The molecule has 1 atom stereocenters. The zero-order valence-corrected chi connectivity index (χ0v) is 14.0. The van der Waals surface area contributed by atoms with Crippen LogP contribution in [0.25, 0.3) is 0 Å². The van der Waals surface area contributed by atoms with Gasteiger partial charge in [-0.15, -0.1) is 0 Å². The van der Waals surface area contributed by atoms with Crippen molar-refractivity contribution in [1.29, 1.82) is 0 Å². The number of carbonyl (C=O) groups is 1. The largest absolute Gasteiger partial charge is 0.352 e. The summed E-state index contributed by atoms with van der Waals surface area (Å²) in [5.74, 6) is 0.503. The van der Waals surface area contributed by atoms with Crippen molar-refractivity contribution in [2.24, 2.45) is 5.92 Å². The molecule has 2 aromatic heterocycles. The summed E-state index contributed by atoms with van der Waals surface area (Å²) >= 11 is 0. The van der Waals surface area contributed by atoms with Crippen molar-refractivity contribution in [3.8, 4) is 0 Å². The Morgan fingerprint density at radius 3 is 3.04 bits per heavy atom. The molecule has 3 rings (SSSR count). The first-order valence-corrected chi connectivity index (χ1v) is 8.69. The molecule has 1 aliphatic rings. The van der Waals surface area contributed by atoms with Gasteiger partial charge >= 0.3 is 0 Å². The number of nitrogens with one attached hydrogen (secondary N) is 1. The van der Waals surface area contributed by atoms with Gasteiger partial charge in [0.15, 0.2) is 0 Å². The molecule has 1 amide bonds. The molecule has 24 heavy (non-hydrogen) atoms. The molecule has 2 aromatic rings. The lowest BCUT2D eigenvalue weighted by Gasteiger charge is -2.32. The Balaban J connectivity index is 1.38. The predicted octanol–water partition coefficient (Wildman–Crippen LogP) is 1.81. The van der Waals surface area contributed by atoms with E-state index in [4.69, 9.17) is 0 Å². The Morgan fingerprint density at radius 2 is 2.25 bits per heavy atom. The molecule has 6 heteroatoms. The Morgan fingerprint density at radius 1 is 1.29 bits per heavy atom. The summed E-state index contributed by atoms with van der Waals surface area (Å²) in [6, 6.07) is 5.55. The van der Waals surface area contributed by atoms with E-state index in [-0.39, 0.29) is 5.91 Å². The standard InChI is InChI=1S/C18H25N5O/c24-18(17-6-1-7-19-14-17)20-13-16-5-2-9-22(15-16)10-4-12-23-11-3-8-21-23/h1,3,6-8,11,14,16H,2,4-5,9-10,12-13,15H2,(H,20,24)/t16-/m1/s1. The van der Waals surface area contributed by atoms with Gasteiger partial charge in [-0.2, -0.15) is 5.10 Å². The van der Waals surface area contributed by atoms with Crippen LogP contribution in [0.5, 0.6) is 0 Å². The lowest BCUT2D eigenvalue weighted by molar-refractivity contribution is 0.0931. The normalized spacial score (nSPS) is 18.4. The van der Waals surface area contributed by atoms with Crippen LogP contribution in [0.15, 0.2) is 43.0 Å². The van der Waals surface area contributed by atoms with E-state index < -0.39 is 0 Å². The third-order valence-corrected chi connectivity index (χ3v) is 4.50. The SMILES string of the molecule is O=C(NC[C@H]1CCCN(CCCn2cccn2)C1)c1cccnc1. The Labute approximate surface area is 142 Å². The molecule has 0 spiro atoms. The topological polar surface area (TPSA) is 63.1 Å². The molecule has 1 saturated heterocycles. The fourth-order valence-corrected chi connectivity index (χ4v) is 3.25. The van der Waals surface area contributed by atoms with E-state index in [9.17, 15) is 4.79 Å². The molecule has 1 fully saturated rings. The third kappa shape index (κ3) is 4.89. The van der Waals surface area contributed by atoms with Crippen LogP contribution in [-0.4, -0.2) is 51.8 Å². The smallest absolute Gasteiger partial charge is 0.252 e. The third-order valence-electron chi connectivity index (χ3n) is 4.50. The van der Waals surface area contributed by atoms with Gasteiger partial charge in [-0.05, 0) is 56.5 Å². The minimum atomic E-state index is -0.0288. The second kappa shape index (κ2) is 8.59. The number of aryl methyl sites for hydroxylation is 1. The quantitative estimate of drug-likeness (QED) is 0.842. The number of pyridine rings is 1. The predicted molar refractivity (Wildman–Crippen MR) is 92.6 cm³/mol. The highest BCUT2D eigenvalue weighted by Crippen LogP contribution is 2.16. The summed E-state index contributed by atoms with van der Waals surface area (Å²) in [5, 5.41) is 7.29. The monoisotopic (exact) mass is 327 g/mol. The summed E-state index contributed by atoms with van der Waals surface area (Å²) in [4.78, 5) is 18.6. The van der Waals surface area contributed by atoms with Gasteiger partial charge in [-0.1, -0.05) is 0 Å². The van der Waals surface area contributed by atoms with Gasteiger partial charge in [0.05, 0.1) is 5.56 Å². The van der Waals surface area contributed by atoms with Crippen LogP contribution in [0.1, 0.15) is 29.6 Å². The summed E-state index contributed by atoms with van der Waals surface area (Å²) in [7, 11) is 0. The number of likely N-dealkylation sites (tertiary alicyclic amines) is 1. The lowest BCUT2D eigenvalue weighted by atomic mass is 9.97. The summed E-state index contributed by atoms with van der Waals surface area (Å²) < 4.78 is 1.98. The molecule has 0 aromatic carbocycles. The average Bonchev–Trinajstić information content (AvgIpc) is 3.14. The zero-order valence-electron chi connectivity index (χ0n) is 14.0. The van der Waals surface area contributed by atoms with Crippen molar-refractivity contribution in [3.63, 3.8) is 0 Å². The Bertz CT molecular complexity index is 614. The molecule has 128 valence electrons. The minimum absolute atomic E-state index is 0.0288. The molecule has 0 aliphatic carbocycles. The van der Waals surface area contributed by atoms with Gasteiger partial charge in [-0.3, -0.25) is 14.5 Å². The van der Waals surface area contributed by atoms with Crippen LogP contribution in [0, 0.1) is 5.92 Å². The summed E-state index contributed by atoms with van der Waals surface area (Å²) in [5.41, 5.74) is 0.629. The van der Waals surface area contributed by atoms with Gasteiger partial charge in [0.2, 0.25) is 0 Å². The number of piperidine rings is 1. The van der Waals surface area contributed by atoms with Crippen LogP contribution in [0.3, 0.4) is 0 Å². The van der Waals surface area contributed by atoms with Crippen molar-refractivity contribution in [2.45, 2.75) is 25.8 Å². The van der Waals surface area contributed by atoms with Crippen molar-refractivity contribution >= 4 is 5.91 Å². The minimum Gasteiger partial charge on any atom is -0.352 e. The summed E-state index contributed by atoms with van der Waals surface area (Å²) in [6.45, 7) is 5.01. The van der Waals surface area contributed by atoms with E-state index >= 15 is 0 Å². The average molecular weight is 327 g/mol. The Hall–Kier alpha value is -2.21. The molecule has 0 radical (unpaired) electrons. The number of nitrogens with zero attached hydrogens (tertiary/aromatic N) is 4. The van der Waals surface area contributed by atoms with E-state index in [0.29, 0.717) is 11.5 Å². The molecule has 0 saturated carbocycles. The van der Waals surface area contributed by atoms with Crippen molar-refractivity contribution in [2.75, 3.05) is 26.2 Å². The van der Waals surface area contributed by atoms with Gasteiger partial charge in [-0.25, -0.2) is 0 Å². The van der Waals surface area contributed by atoms with Crippen LogP contribution in [0.4, 0.5) is 0 Å². The number of hydrogen-bond acceptors (Lipinski definition) is 4. The van der Waals surface area contributed by atoms with Crippen molar-refractivity contribution in [3.05, 3.63) is 48.5 Å². The fourth-order valence-electron chi connectivity index (χ4n) is 3.25. The highest BCUT2D eigenvalue weighted by Gasteiger charge is 2.20. The first-order valence-electron chi connectivity index (χ1n) is 8.69. The number of rotatable bonds is 7. The van der Waals surface area contributed by atoms with Gasteiger partial charge < -0.3 is 10.2 Å². The van der Waals surface area contributed by atoms with E-state index in [2.05, 4.69) is 20.3 Å². The van der Waals surface area contributed by atoms with Crippen LogP contribution in [-0.2, 0) is 6.54 Å². The number of hydrogen-bond donors (Lipinski definition) is 1. The van der Waals surface area contributed by atoms with Crippen LogP contribution in [0.2, 0.25) is 0 Å². The first kappa shape index (κ1) is 16.6. The number of carbonyl (C=O) groups excluding carboxylic acids is 1. The maximum atomic E-state index is 12.1. The second-order valence-corrected chi connectivity index (χ2v) is 6.38. The van der Waals surface area contributed by atoms with Gasteiger partial charge in [0.1, 0.15) is 0 Å². The molecule has 1 aliphatic heterocycles.